The Morgan fingerprint density at radius 2 is 2.21 bits per heavy atom. The Morgan fingerprint density at radius 1 is 1.47 bits per heavy atom. The molecule has 4 nitrogen and oxygen atoms in total. The summed E-state index contributed by atoms with van der Waals surface area (Å²) in [5, 5.41) is 14.6. The Balaban J connectivity index is 2.38. The van der Waals surface area contributed by atoms with Crippen molar-refractivity contribution in [3.63, 3.8) is 0 Å². The predicted molar refractivity (Wildman–Crippen MR) is 79.9 cm³/mol. The summed E-state index contributed by atoms with van der Waals surface area (Å²) >= 11 is 1.48. The van der Waals surface area contributed by atoms with Gasteiger partial charge in [-0.3, -0.25) is 4.79 Å². The summed E-state index contributed by atoms with van der Waals surface area (Å²) in [6.45, 7) is 7.59. The van der Waals surface area contributed by atoms with Crippen molar-refractivity contribution >= 4 is 22.4 Å². The van der Waals surface area contributed by atoms with E-state index in [1.807, 2.05) is 0 Å². The highest BCUT2D eigenvalue weighted by molar-refractivity contribution is 7.13. The number of nitrogens with one attached hydrogen (secondary N) is 1. The molecule has 0 aliphatic rings. The van der Waals surface area contributed by atoms with Gasteiger partial charge in [0.05, 0.1) is 12.1 Å². The number of aliphatic carboxylic acids is 1. The number of unbranched alkanes of at least 4 members (excludes halogenated alkanes) is 2. The van der Waals surface area contributed by atoms with Crippen LogP contribution in [0.2, 0.25) is 0 Å². The molecule has 0 unspecified atom stereocenters. The fourth-order valence-corrected chi connectivity index (χ4v) is 2.59. The van der Waals surface area contributed by atoms with Crippen molar-refractivity contribution in [1.82, 2.24) is 4.98 Å². The van der Waals surface area contributed by atoms with Crippen molar-refractivity contribution in [2.75, 3.05) is 11.9 Å². The van der Waals surface area contributed by atoms with Crippen LogP contribution in [0.25, 0.3) is 0 Å². The number of carbonyl (C=O) groups is 1. The number of hydrogen-bond donors (Lipinski definition) is 2. The molecule has 2 N–H and O–H groups in total. The van der Waals surface area contributed by atoms with Crippen LogP contribution in [0.15, 0.2) is 5.38 Å². The number of anilines is 1. The first-order chi connectivity index (χ1) is 8.93. The van der Waals surface area contributed by atoms with E-state index in [0.717, 1.165) is 11.7 Å². The Morgan fingerprint density at radius 3 is 2.84 bits per heavy atom. The number of carboxylic acids is 1. The van der Waals surface area contributed by atoms with Gasteiger partial charge in [0.1, 0.15) is 0 Å². The van der Waals surface area contributed by atoms with Crippen LogP contribution in [0.5, 0.6) is 0 Å². The van der Waals surface area contributed by atoms with Crippen molar-refractivity contribution in [3.8, 4) is 0 Å². The van der Waals surface area contributed by atoms with Gasteiger partial charge in [-0.05, 0) is 11.8 Å². The number of nitrogens with zero attached hydrogens (tertiary/aromatic N) is 1. The second-order valence-electron chi connectivity index (χ2n) is 5.69. The molecule has 1 heterocycles. The lowest BCUT2D eigenvalue weighted by atomic mass is 9.87. The summed E-state index contributed by atoms with van der Waals surface area (Å²) in [4.78, 5) is 14.9. The van der Waals surface area contributed by atoms with E-state index in [1.165, 1.54) is 37.0 Å². The standard InChI is InChI=1S/C14H24N2O2S/c1-4-5-6-7-14(2,3)10-15-13-16-11(9-19-13)8-12(17)18/h9H,4-8,10H2,1-3H3,(H,15,16)(H,17,18). The number of carboxylic acid groups (broad SMARTS) is 1. The fourth-order valence-electron chi connectivity index (χ4n) is 1.88. The molecular formula is C14H24N2O2S. The molecule has 0 radical (unpaired) electrons. The molecule has 1 aromatic heterocycles. The van der Waals surface area contributed by atoms with Crippen LogP contribution in [0, 0.1) is 5.41 Å². The van der Waals surface area contributed by atoms with Crippen LogP contribution in [0.1, 0.15) is 52.1 Å². The zero-order valence-corrected chi connectivity index (χ0v) is 12.8. The number of hydrogen-bond acceptors (Lipinski definition) is 4. The molecule has 5 heteroatoms. The van der Waals surface area contributed by atoms with E-state index in [2.05, 4.69) is 31.1 Å². The molecule has 1 aromatic rings. The van der Waals surface area contributed by atoms with E-state index in [1.54, 1.807) is 5.38 Å². The summed E-state index contributed by atoms with van der Waals surface area (Å²) in [6.07, 6.45) is 4.98. The van der Waals surface area contributed by atoms with Gasteiger partial charge in [-0.2, -0.15) is 0 Å². The molecule has 0 aromatic carbocycles. The van der Waals surface area contributed by atoms with E-state index in [0.29, 0.717) is 5.69 Å². The molecule has 0 spiro atoms. The van der Waals surface area contributed by atoms with Crippen molar-refractivity contribution in [2.45, 2.75) is 52.9 Å². The quantitative estimate of drug-likeness (QED) is 0.677. The molecule has 108 valence electrons. The zero-order valence-electron chi connectivity index (χ0n) is 12.0. The van der Waals surface area contributed by atoms with Gasteiger partial charge in [-0.1, -0.05) is 40.0 Å². The molecule has 0 saturated carbocycles. The Bertz CT molecular complexity index is 402. The van der Waals surface area contributed by atoms with Crippen molar-refractivity contribution in [2.24, 2.45) is 5.41 Å². The molecule has 0 saturated heterocycles. The first-order valence-corrected chi connectivity index (χ1v) is 7.71. The smallest absolute Gasteiger partial charge is 0.309 e. The number of aromatic nitrogens is 1. The minimum absolute atomic E-state index is 0.00191. The largest absolute Gasteiger partial charge is 0.481 e. The Kier molecular flexibility index (Phi) is 6.28. The highest BCUT2D eigenvalue weighted by Gasteiger charge is 2.17. The van der Waals surface area contributed by atoms with E-state index in [4.69, 9.17) is 5.11 Å². The summed E-state index contributed by atoms with van der Waals surface area (Å²) in [6, 6.07) is 0. The summed E-state index contributed by atoms with van der Waals surface area (Å²) in [7, 11) is 0. The molecule has 0 amide bonds. The first-order valence-electron chi connectivity index (χ1n) is 6.83. The van der Waals surface area contributed by atoms with Crippen LogP contribution in [-0.4, -0.2) is 22.6 Å². The lowest BCUT2D eigenvalue weighted by Crippen LogP contribution is -2.23. The van der Waals surface area contributed by atoms with Crippen LogP contribution in [0.4, 0.5) is 5.13 Å². The number of thiazole rings is 1. The first kappa shape index (κ1) is 16.0. The van der Waals surface area contributed by atoms with Gasteiger partial charge >= 0.3 is 5.97 Å². The van der Waals surface area contributed by atoms with Crippen molar-refractivity contribution < 1.29 is 9.90 Å². The van der Waals surface area contributed by atoms with Crippen LogP contribution >= 0.6 is 11.3 Å². The molecule has 1 rings (SSSR count). The lowest BCUT2D eigenvalue weighted by molar-refractivity contribution is -0.136. The predicted octanol–water partition coefficient (Wildman–Crippen LogP) is 3.79. The molecule has 0 aliphatic heterocycles. The normalized spacial score (nSPS) is 11.5. The fraction of sp³-hybridized carbons (Fsp3) is 0.714. The van der Waals surface area contributed by atoms with E-state index in [-0.39, 0.29) is 11.8 Å². The maximum atomic E-state index is 10.6. The molecule has 0 fully saturated rings. The maximum Gasteiger partial charge on any atom is 0.309 e. The van der Waals surface area contributed by atoms with Gasteiger partial charge in [-0.25, -0.2) is 4.98 Å². The number of rotatable bonds is 9. The van der Waals surface area contributed by atoms with Gasteiger partial charge in [0.15, 0.2) is 5.13 Å². The van der Waals surface area contributed by atoms with E-state index < -0.39 is 5.97 Å². The van der Waals surface area contributed by atoms with Gasteiger partial charge in [0.25, 0.3) is 0 Å². The van der Waals surface area contributed by atoms with Crippen molar-refractivity contribution in [1.29, 1.82) is 0 Å². The van der Waals surface area contributed by atoms with Crippen LogP contribution in [0.3, 0.4) is 0 Å². The monoisotopic (exact) mass is 284 g/mol. The van der Waals surface area contributed by atoms with E-state index in [9.17, 15) is 4.79 Å². The van der Waals surface area contributed by atoms with Crippen LogP contribution in [-0.2, 0) is 11.2 Å². The highest BCUT2D eigenvalue weighted by atomic mass is 32.1. The van der Waals surface area contributed by atoms with Crippen LogP contribution < -0.4 is 5.32 Å². The molecule has 0 aliphatic carbocycles. The summed E-state index contributed by atoms with van der Waals surface area (Å²) in [5.41, 5.74) is 0.872. The zero-order chi connectivity index (χ0) is 14.3. The third kappa shape index (κ3) is 6.57. The molecule has 19 heavy (non-hydrogen) atoms. The van der Waals surface area contributed by atoms with Crippen molar-refractivity contribution in [3.05, 3.63) is 11.1 Å². The lowest BCUT2D eigenvalue weighted by Gasteiger charge is -2.24. The SMILES string of the molecule is CCCCCC(C)(C)CNc1nc(CC(=O)O)cs1. The average Bonchev–Trinajstić information content (AvgIpc) is 2.74. The third-order valence-electron chi connectivity index (χ3n) is 3.06. The average molecular weight is 284 g/mol. The van der Waals surface area contributed by atoms with Gasteiger partial charge in [-0.15, -0.1) is 11.3 Å². The van der Waals surface area contributed by atoms with Gasteiger partial charge < -0.3 is 10.4 Å². The second-order valence-corrected chi connectivity index (χ2v) is 6.55. The molecular weight excluding hydrogens is 260 g/mol. The Labute approximate surface area is 119 Å². The van der Waals surface area contributed by atoms with Gasteiger partial charge in [0.2, 0.25) is 0 Å². The summed E-state index contributed by atoms with van der Waals surface area (Å²) < 4.78 is 0. The topological polar surface area (TPSA) is 62.2 Å². The molecule has 0 atom stereocenters. The maximum absolute atomic E-state index is 10.6. The van der Waals surface area contributed by atoms with Gasteiger partial charge in [0, 0.05) is 11.9 Å². The second kappa shape index (κ2) is 7.48. The highest BCUT2D eigenvalue weighted by Crippen LogP contribution is 2.25. The van der Waals surface area contributed by atoms with E-state index >= 15 is 0 Å². The third-order valence-corrected chi connectivity index (χ3v) is 3.91. The molecule has 0 bridgehead atoms. The minimum Gasteiger partial charge on any atom is -0.481 e. The summed E-state index contributed by atoms with van der Waals surface area (Å²) in [5.74, 6) is -0.836. The Hall–Kier alpha value is -1.10. The minimum atomic E-state index is -0.836.